The van der Waals surface area contributed by atoms with Gasteiger partial charge >= 0.3 is 0 Å². The van der Waals surface area contributed by atoms with E-state index in [2.05, 4.69) is 22.3 Å². The largest absolute Gasteiger partial charge is 0.383 e. The third kappa shape index (κ3) is 3.87. The highest BCUT2D eigenvalue weighted by Gasteiger charge is 2.23. The summed E-state index contributed by atoms with van der Waals surface area (Å²) < 4.78 is 1.49. The molecule has 0 fully saturated rings. The van der Waals surface area contributed by atoms with Crippen molar-refractivity contribution in [1.29, 1.82) is 0 Å². The van der Waals surface area contributed by atoms with Crippen molar-refractivity contribution in [3.05, 3.63) is 65.7 Å². The van der Waals surface area contributed by atoms with Crippen LogP contribution in [0.3, 0.4) is 0 Å². The van der Waals surface area contributed by atoms with Gasteiger partial charge < -0.3 is 11.1 Å². The lowest BCUT2D eigenvalue weighted by Crippen LogP contribution is -2.25. The number of nitrogen functional groups attached to an aromatic ring is 1. The highest BCUT2D eigenvalue weighted by atomic mass is 16.1. The number of para-hydroxylation sites is 2. The molecule has 2 aromatic carbocycles. The van der Waals surface area contributed by atoms with Crippen LogP contribution in [0.2, 0.25) is 0 Å². The summed E-state index contributed by atoms with van der Waals surface area (Å²) in [6.07, 6.45) is 4.75. The lowest BCUT2D eigenvalue weighted by Gasteiger charge is -2.04. The molecule has 2 heterocycles. The van der Waals surface area contributed by atoms with E-state index in [-0.39, 0.29) is 11.7 Å². The number of anilines is 1. The van der Waals surface area contributed by atoms with Gasteiger partial charge in [0.2, 0.25) is 0 Å². The molecular formula is C23H24N6O. The van der Waals surface area contributed by atoms with Crippen molar-refractivity contribution in [2.45, 2.75) is 26.2 Å². The maximum Gasteiger partial charge on any atom is 0.257 e. The smallest absolute Gasteiger partial charge is 0.257 e. The molecule has 3 N–H and O–H groups in total. The molecule has 0 aliphatic carbocycles. The van der Waals surface area contributed by atoms with Gasteiger partial charge in [0.1, 0.15) is 16.9 Å². The second-order valence-corrected chi connectivity index (χ2v) is 7.07. The Bertz CT molecular complexity index is 1210. The van der Waals surface area contributed by atoms with Crippen LogP contribution >= 0.6 is 0 Å². The van der Waals surface area contributed by atoms with E-state index < -0.39 is 0 Å². The lowest BCUT2D eigenvalue weighted by atomic mass is 10.2. The Labute approximate surface area is 174 Å². The third-order valence-corrected chi connectivity index (χ3v) is 4.89. The molecule has 0 saturated carbocycles. The fraction of sp³-hybridized carbons (Fsp3) is 0.217. The Kier molecular flexibility index (Phi) is 5.70. The summed E-state index contributed by atoms with van der Waals surface area (Å²) in [6.45, 7) is 2.71. The van der Waals surface area contributed by atoms with Crippen molar-refractivity contribution < 1.29 is 4.79 Å². The number of hydrogen-bond acceptors (Lipinski definition) is 5. The van der Waals surface area contributed by atoms with Crippen LogP contribution in [0.1, 0.15) is 42.1 Å². The number of benzene rings is 2. The number of aromatic nitrogens is 3. The quantitative estimate of drug-likeness (QED) is 0.362. The summed E-state index contributed by atoms with van der Waals surface area (Å²) in [7, 11) is 0. The van der Waals surface area contributed by atoms with E-state index in [9.17, 15) is 4.79 Å². The standard InChI is InChI=1S/C23H24N6O/c1-2-3-9-14-25-23(30)19-20-22(28-18-13-8-7-12-17(18)27-20)29(21(19)24)26-15-16-10-5-4-6-11-16/h4-8,10-13,15H,2-3,9,14,24H2,1H3,(H,25,30). The number of unbranched alkanes of at least 4 members (excludes halogenated alkanes) is 2. The van der Waals surface area contributed by atoms with Crippen molar-refractivity contribution in [3.63, 3.8) is 0 Å². The summed E-state index contributed by atoms with van der Waals surface area (Å²) in [5, 5.41) is 7.46. The molecule has 30 heavy (non-hydrogen) atoms. The summed E-state index contributed by atoms with van der Waals surface area (Å²) in [4.78, 5) is 22.3. The number of fused-ring (bicyclic) bond motifs is 2. The molecule has 1 amide bonds. The molecule has 0 atom stereocenters. The predicted octanol–water partition coefficient (Wildman–Crippen LogP) is 3.97. The van der Waals surface area contributed by atoms with Crippen molar-refractivity contribution in [2.24, 2.45) is 5.10 Å². The van der Waals surface area contributed by atoms with Crippen LogP contribution < -0.4 is 11.1 Å². The zero-order valence-corrected chi connectivity index (χ0v) is 16.9. The molecule has 0 saturated heterocycles. The second-order valence-electron chi connectivity index (χ2n) is 7.07. The molecule has 0 spiro atoms. The second kappa shape index (κ2) is 8.73. The number of nitrogens with zero attached hydrogens (tertiary/aromatic N) is 4. The van der Waals surface area contributed by atoms with Gasteiger partial charge in [-0.25, -0.2) is 9.97 Å². The van der Waals surface area contributed by atoms with E-state index in [1.165, 1.54) is 4.68 Å². The monoisotopic (exact) mass is 400 g/mol. The van der Waals surface area contributed by atoms with Crippen LogP contribution in [-0.4, -0.2) is 33.3 Å². The lowest BCUT2D eigenvalue weighted by molar-refractivity contribution is 0.0955. The molecule has 152 valence electrons. The van der Waals surface area contributed by atoms with Gasteiger partial charge in [-0.1, -0.05) is 62.2 Å². The Hall–Kier alpha value is -3.74. The number of carbonyl (C=O) groups is 1. The Morgan fingerprint density at radius 1 is 1.07 bits per heavy atom. The van der Waals surface area contributed by atoms with Gasteiger partial charge in [0.05, 0.1) is 17.2 Å². The van der Waals surface area contributed by atoms with Crippen LogP contribution in [0.15, 0.2) is 59.7 Å². The Balaban J connectivity index is 1.81. The minimum Gasteiger partial charge on any atom is -0.383 e. The number of rotatable bonds is 7. The van der Waals surface area contributed by atoms with E-state index in [0.717, 1.165) is 24.8 Å². The summed E-state index contributed by atoms with van der Waals surface area (Å²) in [6, 6.07) is 17.2. The van der Waals surface area contributed by atoms with Crippen molar-refractivity contribution in [3.8, 4) is 0 Å². The predicted molar refractivity (Wildman–Crippen MR) is 121 cm³/mol. The molecule has 7 nitrogen and oxygen atoms in total. The average molecular weight is 400 g/mol. The molecule has 0 aliphatic rings. The molecule has 0 aliphatic heterocycles. The number of hydrogen-bond donors (Lipinski definition) is 2. The third-order valence-electron chi connectivity index (χ3n) is 4.89. The normalized spacial score (nSPS) is 11.5. The van der Waals surface area contributed by atoms with Crippen molar-refractivity contribution in [2.75, 3.05) is 12.3 Å². The fourth-order valence-electron chi connectivity index (χ4n) is 3.32. The van der Waals surface area contributed by atoms with Gasteiger partial charge in [-0.05, 0) is 24.1 Å². The van der Waals surface area contributed by atoms with Crippen LogP contribution in [-0.2, 0) is 0 Å². The van der Waals surface area contributed by atoms with Gasteiger partial charge in [0, 0.05) is 6.54 Å². The fourth-order valence-corrected chi connectivity index (χ4v) is 3.32. The van der Waals surface area contributed by atoms with Gasteiger partial charge in [0.25, 0.3) is 5.91 Å². The maximum atomic E-state index is 12.9. The van der Waals surface area contributed by atoms with E-state index in [0.29, 0.717) is 34.3 Å². The minimum absolute atomic E-state index is 0.223. The summed E-state index contributed by atoms with van der Waals surface area (Å²) >= 11 is 0. The Morgan fingerprint density at radius 2 is 1.77 bits per heavy atom. The summed E-state index contributed by atoms with van der Waals surface area (Å²) in [5.41, 5.74) is 9.93. The van der Waals surface area contributed by atoms with Crippen molar-refractivity contribution in [1.82, 2.24) is 20.0 Å². The van der Waals surface area contributed by atoms with Crippen molar-refractivity contribution >= 4 is 40.1 Å². The zero-order valence-electron chi connectivity index (χ0n) is 16.9. The molecule has 0 radical (unpaired) electrons. The maximum absolute atomic E-state index is 12.9. The SMILES string of the molecule is CCCCCNC(=O)c1c(N)n(N=Cc2ccccc2)c2nc3ccccc3nc12. The number of nitrogens with one attached hydrogen (secondary N) is 1. The zero-order chi connectivity index (χ0) is 20.9. The Morgan fingerprint density at radius 3 is 2.50 bits per heavy atom. The van der Waals surface area contributed by atoms with Crippen LogP contribution in [0, 0.1) is 0 Å². The number of nitrogens with two attached hydrogens (primary N) is 1. The first-order valence-electron chi connectivity index (χ1n) is 10.1. The van der Waals surface area contributed by atoms with E-state index in [4.69, 9.17) is 10.7 Å². The summed E-state index contributed by atoms with van der Waals surface area (Å²) in [5.74, 6) is -0.0349. The first-order chi connectivity index (χ1) is 14.7. The number of carbonyl (C=O) groups excluding carboxylic acids is 1. The molecule has 0 unspecified atom stereocenters. The highest BCUT2D eigenvalue weighted by Crippen LogP contribution is 2.27. The number of amides is 1. The van der Waals surface area contributed by atoms with Gasteiger partial charge in [-0.3, -0.25) is 4.79 Å². The molecule has 4 rings (SSSR count). The van der Waals surface area contributed by atoms with Crippen LogP contribution in [0.25, 0.3) is 22.2 Å². The molecule has 2 aromatic heterocycles. The minimum atomic E-state index is -0.258. The van der Waals surface area contributed by atoms with Crippen LogP contribution in [0.4, 0.5) is 5.82 Å². The molecule has 0 bridgehead atoms. The first-order valence-corrected chi connectivity index (χ1v) is 10.1. The average Bonchev–Trinajstić information content (AvgIpc) is 3.04. The van der Waals surface area contributed by atoms with E-state index >= 15 is 0 Å². The van der Waals surface area contributed by atoms with Gasteiger partial charge in [0.15, 0.2) is 5.65 Å². The van der Waals surface area contributed by atoms with E-state index in [1.54, 1.807) is 6.21 Å². The topological polar surface area (TPSA) is 98.2 Å². The molecular weight excluding hydrogens is 376 g/mol. The molecule has 4 aromatic rings. The van der Waals surface area contributed by atoms with Gasteiger partial charge in [-0.15, -0.1) is 0 Å². The van der Waals surface area contributed by atoms with Gasteiger partial charge in [-0.2, -0.15) is 9.78 Å². The molecule has 7 heteroatoms. The van der Waals surface area contributed by atoms with E-state index in [1.807, 2.05) is 54.6 Å². The van der Waals surface area contributed by atoms with Crippen LogP contribution in [0.5, 0.6) is 0 Å². The first kappa shape index (κ1) is 19.6. The highest BCUT2D eigenvalue weighted by molar-refractivity contribution is 6.10.